The number of esters is 1. The van der Waals surface area contributed by atoms with Gasteiger partial charge in [-0.2, -0.15) is 0 Å². The zero-order valence-electron chi connectivity index (χ0n) is 10.1. The number of ether oxygens (including phenoxy) is 1. The van der Waals surface area contributed by atoms with Crippen molar-refractivity contribution in [3.8, 4) is 0 Å². The number of hydrogen-bond acceptors (Lipinski definition) is 3. The molecule has 0 saturated heterocycles. The Morgan fingerprint density at radius 2 is 2.11 bits per heavy atom. The lowest BCUT2D eigenvalue weighted by Crippen LogP contribution is -2.12. The zero-order valence-corrected chi connectivity index (χ0v) is 10.1. The highest BCUT2D eigenvalue weighted by Crippen LogP contribution is 2.23. The van der Waals surface area contributed by atoms with Gasteiger partial charge in [-0.25, -0.2) is 4.79 Å². The van der Waals surface area contributed by atoms with Crippen LogP contribution >= 0.6 is 0 Å². The number of aryl methyl sites for hydroxylation is 1. The molecule has 0 aliphatic heterocycles. The first-order chi connectivity index (χ1) is 8.54. The molecule has 5 heteroatoms. The Morgan fingerprint density at radius 1 is 1.39 bits per heavy atom. The van der Waals surface area contributed by atoms with E-state index >= 15 is 0 Å². The molecule has 1 N–H and O–H groups in total. The second-order valence-corrected chi connectivity index (χ2v) is 3.99. The van der Waals surface area contributed by atoms with Crippen molar-refractivity contribution in [1.29, 1.82) is 0 Å². The molecule has 1 aromatic heterocycles. The molecule has 94 valence electrons. The summed E-state index contributed by atoms with van der Waals surface area (Å²) in [5.74, 6) is -1.34. The number of nitrogens with zero attached hydrogens (tertiary/aromatic N) is 1. The van der Waals surface area contributed by atoms with E-state index in [0.717, 1.165) is 11.2 Å². The van der Waals surface area contributed by atoms with Crippen molar-refractivity contribution in [3.05, 3.63) is 35.5 Å². The third-order valence-electron chi connectivity index (χ3n) is 2.90. The fraction of sp³-hybridized carbons (Fsp3) is 0.231. The van der Waals surface area contributed by atoms with Gasteiger partial charge in [0.1, 0.15) is 6.54 Å². The second kappa shape index (κ2) is 4.52. The van der Waals surface area contributed by atoms with Crippen molar-refractivity contribution < 1.29 is 19.4 Å². The number of aromatic nitrogens is 1. The Bertz CT molecular complexity index is 627. The molecule has 0 atom stereocenters. The molecule has 0 fully saturated rings. The van der Waals surface area contributed by atoms with Gasteiger partial charge in [0.25, 0.3) is 0 Å². The van der Waals surface area contributed by atoms with Gasteiger partial charge in [0.2, 0.25) is 0 Å². The number of fused-ring (bicyclic) bond motifs is 1. The van der Waals surface area contributed by atoms with Crippen molar-refractivity contribution in [1.82, 2.24) is 4.57 Å². The third-order valence-corrected chi connectivity index (χ3v) is 2.90. The monoisotopic (exact) mass is 247 g/mol. The minimum Gasteiger partial charge on any atom is -0.478 e. The van der Waals surface area contributed by atoms with E-state index in [2.05, 4.69) is 4.74 Å². The Morgan fingerprint density at radius 3 is 2.72 bits per heavy atom. The Balaban J connectivity index is 2.62. The summed E-state index contributed by atoms with van der Waals surface area (Å²) in [7, 11) is 1.33. The number of carbonyl (C=O) groups excluding carboxylic acids is 1. The first kappa shape index (κ1) is 12.2. The third kappa shape index (κ3) is 1.95. The lowest BCUT2D eigenvalue weighted by Gasteiger charge is -2.06. The van der Waals surface area contributed by atoms with Gasteiger partial charge in [-0.05, 0) is 25.1 Å². The number of carboxylic acid groups (broad SMARTS) is 1. The van der Waals surface area contributed by atoms with Crippen molar-refractivity contribution in [2.24, 2.45) is 0 Å². The highest BCUT2D eigenvalue weighted by molar-refractivity contribution is 6.03. The smallest absolute Gasteiger partial charge is 0.336 e. The number of carboxylic acids is 1. The molecule has 1 heterocycles. The maximum Gasteiger partial charge on any atom is 0.336 e. The second-order valence-electron chi connectivity index (χ2n) is 3.99. The summed E-state index contributed by atoms with van der Waals surface area (Å²) in [4.78, 5) is 22.4. The van der Waals surface area contributed by atoms with Crippen molar-refractivity contribution in [2.45, 2.75) is 13.5 Å². The van der Waals surface area contributed by atoms with Crippen LogP contribution in [0.3, 0.4) is 0 Å². The fourth-order valence-electron chi connectivity index (χ4n) is 2.01. The van der Waals surface area contributed by atoms with Crippen LogP contribution in [-0.4, -0.2) is 28.7 Å². The predicted octanol–water partition coefficient (Wildman–Crippen LogP) is 1.82. The molecule has 18 heavy (non-hydrogen) atoms. The van der Waals surface area contributed by atoms with Crippen LogP contribution in [0.4, 0.5) is 0 Å². The van der Waals surface area contributed by atoms with E-state index in [1.807, 2.05) is 6.92 Å². The topological polar surface area (TPSA) is 68.5 Å². The number of rotatable bonds is 3. The standard InChI is InChI=1S/C13H13NO4/c1-8-6-10-9(13(16)17)4-3-5-11(10)14(8)7-12(15)18-2/h3-6H,7H2,1-2H3,(H,16,17). The van der Waals surface area contributed by atoms with Gasteiger partial charge < -0.3 is 14.4 Å². The molecule has 0 spiro atoms. The maximum atomic E-state index is 11.3. The number of carbonyl (C=O) groups is 2. The molecule has 0 amide bonds. The Hall–Kier alpha value is -2.30. The normalized spacial score (nSPS) is 10.6. The van der Waals surface area contributed by atoms with Crippen LogP contribution in [0.15, 0.2) is 24.3 Å². The van der Waals surface area contributed by atoms with Crippen LogP contribution in [0.25, 0.3) is 10.9 Å². The summed E-state index contributed by atoms with van der Waals surface area (Å²) in [6.07, 6.45) is 0. The van der Waals surface area contributed by atoms with Gasteiger partial charge in [-0.3, -0.25) is 4.79 Å². The summed E-state index contributed by atoms with van der Waals surface area (Å²) in [6.45, 7) is 1.91. The SMILES string of the molecule is COC(=O)Cn1c(C)cc2c(C(=O)O)cccc21. The van der Waals surface area contributed by atoms with Crippen LogP contribution in [0.2, 0.25) is 0 Å². The molecule has 0 unspecified atom stereocenters. The van der Waals surface area contributed by atoms with E-state index in [0.29, 0.717) is 5.39 Å². The number of aromatic carboxylic acids is 1. The summed E-state index contributed by atoms with van der Waals surface area (Å²) in [5.41, 5.74) is 1.78. The van der Waals surface area contributed by atoms with Crippen LogP contribution in [0, 0.1) is 6.92 Å². The minimum absolute atomic E-state index is 0.0783. The molecule has 0 radical (unpaired) electrons. The molecule has 1 aromatic carbocycles. The van der Waals surface area contributed by atoms with Gasteiger partial charge >= 0.3 is 11.9 Å². The summed E-state index contributed by atoms with van der Waals surface area (Å²) in [6, 6.07) is 6.77. The molecule has 0 aliphatic rings. The van der Waals surface area contributed by atoms with Gasteiger partial charge in [-0.15, -0.1) is 0 Å². The van der Waals surface area contributed by atoms with Crippen molar-refractivity contribution in [2.75, 3.05) is 7.11 Å². The van der Waals surface area contributed by atoms with E-state index < -0.39 is 5.97 Å². The predicted molar refractivity (Wildman–Crippen MR) is 65.7 cm³/mol. The highest BCUT2D eigenvalue weighted by atomic mass is 16.5. The molecule has 5 nitrogen and oxygen atoms in total. The molecule has 0 saturated carbocycles. The molecule has 2 rings (SSSR count). The van der Waals surface area contributed by atoms with E-state index in [1.54, 1.807) is 28.8 Å². The van der Waals surface area contributed by atoms with Gasteiger partial charge in [0, 0.05) is 16.6 Å². The van der Waals surface area contributed by atoms with Crippen LogP contribution in [-0.2, 0) is 16.1 Å². The highest BCUT2D eigenvalue weighted by Gasteiger charge is 2.14. The quantitative estimate of drug-likeness (QED) is 0.840. The number of benzene rings is 1. The van der Waals surface area contributed by atoms with E-state index in [-0.39, 0.29) is 18.1 Å². The van der Waals surface area contributed by atoms with Crippen molar-refractivity contribution >= 4 is 22.8 Å². The van der Waals surface area contributed by atoms with Crippen LogP contribution < -0.4 is 0 Å². The first-order valence-electron chi connectivity index (χ1n) is 5.43. The van der Waals surface area contributed by atoms with E-state index in [4.69, 9.17) is 5.11 Å². The number of hydrogen-bond donors (Lipinski definition) is 1. The first-order valence-corrected chi connectivity index (χ1v) is 5.43. The van der Waals surface area contributed by atoms with Crippen molar-refractivity contribution in [3.63, 3.8) is 0 Å². The van der Waals surface area contributed by atoms with E-state index in [9.17, 15) is 9.59 Å². The average Bonchev–Trinajstić information content (AvgIpc) is 2.65. The van der Waals surface area contributed by atoms with Gasteiger partial charge in [0.15, 0.2) is 0 Å². The molecular formula is C13H13NO4. The summed E-state index contributed by atoms with van der Waals surface area (Å²) in [5, 5.41) is 9.74. The minimum atomic E-state index is -0.976. The molecule has 0 aliphatic carbocycles. The lowest BCUT2D eigenvalue weighted by molar-refractivity contribution is -0.141. The Labute approximate surface area is 104 Å². The molecule has 2 aromatic rings. The zero-order chi connectivity index (χ0) is 13.3. The average molecular weight is 247 g/mol. The maximum absolute atomic E-state index is 11.3. The van der Waals surface area contributed by atoms with Gasteiger partial charge in [-0.1, -0.05) is 6.07 Å². The van der Waals surface area contributed by atoms with Crippen LogP contribution in [0.5, 0.6) is 0 Å². The molecular weight excluding hydrogens is 234 g/mol. The van der Waals surface area contributed by atoms with Crippen LogP contribution in [0.1, 0.15) is 16.1 Å². The summed E-state index contributed by atoms with van der Waals surface area (Å²) >= 11 is 0. The lowest BCUT2D eigenvalue weighted by atomic mass is 10.1. The molecule has 0 bridgehead atoms. The summed E-state index contributed by atoms with van der Waals surface area (Å²) < 4.78 is 6.37. The fourth-order valence-corrected chi connectivity index (χ4v) is 2.01. The number of methoxy groups -OCH3 is 1. The largest absolute Gasteiger partial charge is 0.478 e. The van der Waals surface area contributed by atoms with Gasteiger partial charge in [0.05, 0.1) is 12.7 Å². The Kier molecular flexibility index (Phi) is 3.06. The van der Waals surface area contributed by atoms with E-state index in [1.165, 1.54) is 7.11 Å².